The third-order valence-electron chi connectivity index (χ3n) is 3.23. The maximum absolute atomic E-state index is 11.4. The molecule has 0 spiro atoms. The second-order valence-electron chi connectivity index (χ2n) is 5.36. The molecule has 1 aromatic rings. The lowest BCUT2D eigenvalue weighted by atomic mass is 10.1. The van der Waals surface area contributed by atoms with Gasteiger partial charge in [-0.15, -0.1) is 0 Å². The zero-order chi connectivity index (χ0) is 15.5. The Labute approximate surface area is 125 Å². The van der Waals surface area contributed by atoms with E-state index in [1.807, 2.05) is 21.0 Å². The molecule has 118 valence electrons. The fourth-order valence-electron chi connectivity index (χ4n) is 2.15. The van der Waals surface area contributed by atoms with Crippen LogP contribution in [-0.2, 0) is 9.84 Å². The lowest BCUT2D eigenvalue weighted by molar-refractivity contribution is 0.595. The third-order valence-corrected chi connectivity index (χ3v) is 5.07. The van der Waals surface area contributed by atoms with Gasteiger partial charge >= 0.3 is 0 Å². The number of rotatable bonds is 6. The zero-order valence-corrected chi connectivity index (χ0v) is 13.4. The first-order chi connectivity index (χ1) is 9.89. The summed E-state index contributed by atoms with van der Waals surface area (Å²) in [5.41, 5.74) is 0. The summed E-state index contributed by atoms with van der Waals surface area (Å²) >= 11 is 0. The first kappa shape index (κ1) is 15.7. The number of anilines is 3. The van der Waals surface area contributed by atoms with Crippen LogP contribution < -0.4 is 15.5 Å². The summed E-state index contributed by atoms with van der Waals surface area (Å²) in [6, 6.07) is 0. The van der Waals surface area contributed by atoms with Crippen molar-refractivity contribution in [2.75, 3.05) is 54.2 Å². The standard InChI is InChI=1S/C12H22N6O2S/c1-4-13-10-15-11(17-12(16-10)18(2)3)14-7-9-5-6-21(19,20)8-9/h9H,4-8H2,1-3H3,(H2,13,14,15,16,17). The minimum absolute atomic E-state index is 0.122. The molecule has 1 unspecified atom stereocenters. The average Bonchev–Trinajstić information content (AvgIpc) is 2.76. The molecule has 1 saturated heterocycles. The molecule has 9 heteroatoms. The quantitative estimate of drug-likeness (QED) is 0.769. The van der Waals surface area contributed by atoms with Crippen LogP contribution in [0.25, 0.3) is 0 Å². The molecule has 0 aliphatic carbocycles. The highest BCUT2D eigenvalue weighted by molar-refractivity contribution is 7.91. The number of sulfone groups is 1. The summed E-state index contributed by atoms with van der Waals surface area (Å²) in [7, 11) is 0.867. The second kappa shape index (κ2) is 6.42. The topological polar surface area (TPSA) is 100 Å². The van der Waals surface area contributed by atoms with Crippen molar-refractivity contribution in [1.82, 2.24) is 15.0 Å². The van der Waals surface area contributed by atoms with Crippen LogP contribution in [-0.4, -0.2) is 62.1 Å². The van der Waals surface area contributed by atoms with Crippen molar-refractivity contribution in [3.8, 4) is 0 Å². The van der Waals surface area contributed by atoms with E-state index < -0.39 is 9.84 Å². The van der Waals surface area contributed by atoms with E-state index in [0.717, 1.165) is 6.54 Å². The molecule has 2 heterocycles. The van der Waals surface area contributed by atoms with Crippen LogP contribution >= 0.6 is 0 Å². The predicted molar refractivity (Wildman–Crippen MR) is 83.6 cm³/mol. The molecule has 0 radical (unpaired) electrons. The van der Waals surface area contributed by atoms with Crippen LogP contribution in [0.4, 0.5) is 17.8 Å². The minimum atomic E-state index is -2.85. The Morgan fingerprint density at radius 1 is 1.19 bits per heavy atom. The Kier molecular flexibility index (Phi) is 4.81. The Bertz CT molecular complexity index is 589. The van der Waals surface area contributed by atoms with Crippen LogP contribution in [0.1, 0.15) is 13.3 Å². The van der Waals surface area contributed by atoms with Crippen molar-refractivity contribution >= 4 is 27.7 Å². The monoisotopic (exact) mass is 314 g/mol. The van der Waals surface area contributed by atoms with Gasteiger partial charge in [-0.05, 0) is 19.3 Å². The molecule has 0 bridgehead atoms. The van der Waals surface area contributed by atoms with Crippen LogP contribution in [0.15, 0.2) is 0 Å². The van der Waals surface area contributed by atoms with E-state index in [9.17, 15) is 8.42 Å². The molecule has 1 aliphatic rings. The maximum atomic E-state index is 11.4. The van der Waals surface area contributed by atoms with E-state index in [1.165, 1.54) is 0 Å². The van der Waals surface area contributed by atoms with Crippen LogP contribution in [0.2, 0.25) is 0 Å². The highest BCUT2D eigenvalue weighted by atomic mass is 32.2. The Morgan fingerprint density at radius 3 is 2.38 bits per heavy atom. The summed E-state index contributed by atoms with van der Waals surface area (Å²) in [6.45, 7) is 3.24. The summed E-state index contributed by atoms with van der Waals surface area (Å²) < 4.78 is 22.9. The molecule has 8 nitrogen and oxygen atoms in total. The smallest absolute Gasteiger partial charge is 0.231 e. The van der Waals surface area contributed by atoms with Crippen molar-refractivity contribution in [3.05, 3.63) is 0 Å². The van der Waals surface area contributed by atoms with Gasteiger partial charge in [0.15, 0.2) is 9.84 Å². The Balaban J connectivity index is 2.05. The number of hydrogen-bond donors (Lipinski definition) is 2. The molecule has 2 rings (SSSR count). The van der Waals surface area contributed by atoms with Crippen molar-refractivity contribution in [3.63, 3.8) is 0 Å². The summed E-state index contributed by atoms with van der Waals surface area (Å²) in [5, 5.41) is 6.18. The van der Waals surface area contributed by atoms with E-state index in [1.54, 1.807) is 4.90 Å². The summed E-state index contributed by atoms with van der Waals surface area (Å²) in [4.78, 5) is 14.7. The van der Waals surface area contributed by atoms with Gasteiger partial charge in [-0.25, -0.2) is 8.42 Å². The van der Waals surface area contributed by atoms with E-state index >= 15 is 0 Å². The van der Waals surface area contributed by atoms with E-state index in [-0.39, 0.29) is 17.4 Å². The van der Waals surface area contributed by atoms with Crippen LogP contribution in [0, 0.1) is 5.92 Å². The number of hydrogen-bond acceptors (Lipinski definition) is 8. The van der Waals surface area contributed by atoms with E-state index in [0.29, 0.717) is 30.8 Å². The minimum Gasteiger partial charge on any atom is -0.354 e. The van der Waals surface area contributed by atoms with Gasteiger partial charge in [0.2, 0.25) is 17.8 Å². The average molecular weight is 314 g/mol. The molecule has 0 aromatic carbocycles. The molecular formula is C12H22N6O2S. The first-order valence-corrected chi connectivity index (χ1v) is 8.83. The summed E-state index contributed by atoms with van der Waals surface area (Å²) in [6.07, 6.45) is 0.695. The fourth-order valence-corrected chi connectivity index (χ4v) is 4.01. The number of nitrogens with one attached hydrogen (secondary N) is 2. The van der Waals surface area contributed by atoms with Crippen LogP contribution in [0.3, 0.4) is 0 Å². The second-order valence-corrected chi connectivity index (χ2v) is 7.59. The SMILES string of the molecule is CCNc1nc(NCC2CCS(=O)(=O)C2)nc(N(C)C)n1. The molecule has 1 atom stereocenters. The molecule has 0 saturated carbocycles. The molecule has 0 amide bonds. The van der Waals surface area contributed by atoms with Crippen LogP contribution in [0.5, 0.6) is 0 Å². The van der Waals surface area contributed by atoms with Crippen molar-refractivity contribution in [2.45, 2.75) is 13.3 Å². The zero-order valence-electron chi connectivity index (χ0n) is 12.6. The Hall–Kier alpha value is -1.64. The van der Waals surface area contributed by atoms with E-state index in [4.69, 9.17) is 0 Å². The Morgan fingerprint density at radius 2 is 1.86 bits per heavy atom. The highest BCUT2D eigenvalue weighted by Gasteiger charge is 2.27. The number of aromatic nitrogens is 3. The molecule has 1 fully saturated rings. The van der Waals surface area contributed by atoms with Gasteiger partial charge in [-0.3, -0.25) is 0 Å². The molecule has 1 aromatic heterocycles. The maximum Gasteiger partial charge on any atom is 0.231 e. The fraction of sp³-hybridized carbons (Fsp3) is 0.750. The molecule has 2 N–H and O–H groups in total. The van der Waals surface area contributed by atoms with Gasteiger partial charge in [0.25, 0.3) is 0 Å². The lowest BCUT2D eigenvalue weighted by Crippen LogP contribution is -2.20. The van der Waals surface area contributed by atoms with Crippen molar-refractivity contribution < 1.29 is 8.42 Å². The predicted octanol–water partition coefficient (Wildman–Crippen LogP) is 0.216. The van der Waals surface area contributed by atoms with Crippen molar-refractivity contribution in [1.29, 1.82) is 0 Å². The van der Waals surface area contributed by atoms with Gasteiger partial charge in [-0.2, -0.15) is 15.0 Å². The molecule has 1 aliphatic heterocycles. The lowest BCUT2D eigenvalue weighted by Gasteiger charge is -2.15. The van der Waals surface area contributed by atoms with Gasteiger partial charge in [-0.1, -0.05) is 0 Å². The highest BCUT2D eigenvalue weighted by Crippen LogP contribution is 2.19. The third kappa shape index (κ3) is 4.42. The molecular weight excluding hydrogens is 292 g/mol. The van der Waals surface area contributed by atoms with Crippen molar-refractivity contribution in [2.24, 2.45) is 5.92 Å². The van der Waals surface area contributed by atoms with E-state index in [2.05, 4.69) is 25.6 Å². The first-order valence-electron chi connectivity index (χ1n) is 7.01. The number of nitrogens with zero attached hydrogens (tertiary/aromatic N) is 4. The van der Waals surface area contributed by atoms with Gasteiger partial charge in [0, 0.05) is 27.2 Å². The summed E-state index contributed by atoms with van der Waals surface area (Å²) in [5.74, 6) is 2.18. The van der Waals surface area contributed by atoms with Gasteiger partial charge in [0.05, 0.1) is 11.5 Å². The largest absolute Gasteiger partial charge is 0.354 e. The van der Waals surface area contributed by atoms with Gasteiger partial charge in [0.1, 0.15) is 0 Å². The van der Waals surface area contributed by atoms with Gasteiger partial charge < -0.3 is 15.5 Å². The molecule has 21 heavy (non-hydrogen) atoms. The normalized spacial score (nSPS) is 20.2.